The third-order valence-corrected chi connectivity index (χ3v) is 27.4. The Balaban J connectivity index is 0.00000198. The van der Waals surface area contributed by atoms with Gasteiger partial charge in [0.2, 0.25) is 0 Å². The number of hydrogen-bond donors (Lipinski definition) is 0. The van der Waals surface area contributed by atoms with Crippen LogP contribution < -0.4 is 0 Å². The van der Waals surface area contributed by atoms with E-state index in [1.165, 1.54) is 85.9 Å². The fourth-order valence-corrected chi connectivity index (χ4v) is 15.3. The first-order valence-corrected chi connectivity index (χ1v) is 26.1. The van der Waals surface area contributed by atoms with Crippen molar-refractivity contribution < 1.29 is 0 Å². The Labute approximate surface area is 260 Å². The van der Waals surface area contributed by atoms with Crippen LogP contribution in [-0.4, -0.2) is 26.1 Å². The molecule has 5 aromatic rings. The van der Waals surface area contributed by atoms with Gasteiger partial charge in [0.05, 0.1) is 0 Å². The molecule has 0 spiro atoms. The predicted molar refractivity (Wildman–Crippen MR) is 196 cm³/mol. The third-order valence-electron chi connectivity index (χ3n) is 9.38. The summed E-state index contributed by atoms with van der Waals surface area (Å²) in [4.78, 5) is 3.96. The van der Waals surface area contributed by atoms with Crippen LogP contribution in [0.15, 0.2) is 72.8 Å². The average Bonchev–Trinajstić information content (AvgIpc) is 3.06. The van der Waals surface area contributed by atoms with E-state index in [1.54, 1.807) is 0 Å². The fraction of sp³-hybridized carbons (Fsp3) is 0.350. The molecule has 42 heavy (non-hydrogen) atoms. The van der Waals surface area contributed by atoms with E-state index in [0.717, 1.165) is 0 Å². The van der Waals surface area contributed by atoms with E-state index >= 15 is 0 Å². The molecule has 5 rings (SSSR count). The second-order valence-corrected chi connectivity index (χ2v) is 29.8. The Kier molecular flexibility index (Phi) is 10.9. The molecular formula is C40H48GeSe. The standard InChI is InChI=1S/C38H42GeSe.C2H6/c1-7-39(8-2,9-3)23-21-33-35-25-29-17-13-15-19-31(29)27-37(35)34(22-24-40(10-4,11-5)12-6)38-28-32-20-16-14-18-30(32)26-36(33)38;1-2/h13-20,25-28H,7-12H2,1-6H3;1-2H3. The minimum absolute atomic E-state index is 1.19. The van der Waals surface area contributed by atoms with Crippen LogP contribution in [0.3, 0.4) is 0 Å². The Morgan fingerprint density at radius 3 is 1.17 bits per heavy atom. The Bertz CT molecular complexity index is 1580. The van der Waals surface area contributed by atoms with Crippen molar-refractivity contribution in [2.45, 2.75) is 87.1 Å². The molecule has 0 saturated heterocycles. The molecular weight excluding hydrogens is 632 g/mol. The maximum absolute atomic E-state index is 3.99. The van der Waals surface area contributed by atoms with Crippen LogP contribution >= 0.6 is 0 Å². The molecule has 0 radical (unpaired) electrons. The molecule has 0 heterocycles. The van der Waals surface area contributed by atoms with E-state index in [2.05, 4.69) is 136 Å². The van der Waals surface area contributed by atoms with E-state index in [-0.39, 0.29) is 0 Å². The van der Waals surface area contributed by atoms with Crippen LogP contribution in [0.1, 0.15) is 66.5 Å². The third kappa shape index (κ3) is 6.17. The summed E-state index contributed by atoms with van der Waals surface area (Å²) in [5, 5.41) is 17.6. The van der Waals surface area contributed by atoms with E-state index < -0.39 is 26.1 Å². The van der Waals surface area contributed by atoms with Gasteiger partial charge in [-0.3, -0.25) is 0 Å². The topological polar surface area (TPSA) is 0 Å². The van der Waals surface area contributed by atoms with E-state index in [4.69, 9.17) is 0 Å². The fourth-order valence-electron chi connectivity index (χ4n) is 6.07. The normalized spacial score (nSPS) is 11.9. The molecule has 0 N–H and O–H groups in total. The number of rotatable bonds is 6. The molecule has 0 aliphatic heterocycles. The molecule has 2 heteroatoms. The van der Waals surface area contributed by atoms with Crippen molar-refractivity contribution in [2.24, 2.45) is 0 Å². The molecule has 0 aliphatic rings. The molecule has 0 bridgehead atoms. The maximum atomic E-state index is 3.99. The molecule has 0 aliphatic carbocycles. The van der Waals surface area contributed by atoms with Gasteiger partial charge in [-0.1, -0.05) is 13.8 Å². The van der Waals surface area contributed by atoms with Crippen LogP contribution in [0, 0.1) is 21.4 Å². The van der Waals surface area contributed by atoms with Crippen molar-refractivity contribution in [3.8, 4) is 21.4 Å². The zero-order valence-electron chi connectivity index (χ0n) is 27.1. The Morgan fingerprint density at radius 1 is 0.524 bits per heavy atom. The molecule has 0 aromatic heterocycles. The van der Waals surface area contributed by atoms with Crippen LogP contribution in [-0.2, 0) is 0 Å². The summed E-state index contributed by atoms with van der Waals surface area (Å²) in [6.07, 6.45) is 0. The first kappa shape index (κ1) is 32.2. The summed E-state index contributed by atoms with van der Waals surface area (Å²) >= 11 is -4.06. The molecule has 0 unspecified atom stereocenters. The second kappa shape index (κ2) is 14.2. The summed E-state index contributed by atoms with van der Waals surface area (Å²) in [5.41, 5.74) is 2.39. The predicted octanol–water partition coefficient (Wildman–Crippen LogP) is 12.1. The summed E-state index contributed by atoms with van der Waals surface area (Å²) in [6.45, 7) is 18.1. The minimum atomic E-state index is -2.22. The van der Waals surface area contributed by atoms with Gasteiger partial charge < -0.3 is 0 Å². The number of hydrogen-bond acceptors (Lipinski definition) is 0. The zero-order chi connectivity index (χ0) is 30.3. The van der Waals surface area contributed by atoms with Crippen molar-refractivity contribution in [3.05, 3.63) is 83.9 Å². The van der Waals surface area contributed by atoms with Gasteiger partial charge in [0.15, 0.2) is 0 Å². The molecule has 0 fully saturated rings. The van der Waals surface area contributed by atoms with E-state index in [1.807, 2.05) is 13.8 Å². The van der Waals surface area contributed by atoms with Crippen LogP contribution in [0.4, 0.5) is 0 Å². The van der Waals surface area contributed by atoms with E-state index in [9.17, 15) is 0 Å². The molecule has 218 valence electrons. The summed E-state index contributed by atoms with van der Waals surface area (Å²) in [5.74, 6) is 7.75. The molecule has 0 atom stereocenters. The van der Waals surface area contributed by atoms with Gasteiger partial charge >= 0.3 is 248 Å². The summed E-state index contributed by atoms with van der Waals surface area (Å²) in [7, 11) is 0. The van der Waals surface area contributed by atoms with Crippen LogP contribution in [0.5, 0.6) is 0 Å². The van der Waals surface area contributed by atoms with Gasteiger partial charge in [-0.05, 0) is 0 Å². The first-order chi connectivity index (χ1) is 20.5. The summed E-state index contributed by atoms with van der Waals surface area (Å²) < 4.78 is 3.99. The van der Waals surface area contributed by atoms with E-state index in [0.29, 0.717) is 0 Å². The van der Waals surface area contributed by atoms with Gasteiger partial charge in [0.1, 0.15) is 0 Å². The molecule has 0 amide bonds. The summed E-state index contributed by atoms with van der Waals surface area (Å²) in [6, 6.07) is 27.1. The monoisotopic (exact) mass is 682 g/mol. The van der Waals surface area contributed by atoms with Crippen molar-refractivity contribution in [1.82, 2.24) is 0 Å². The zero-order valence-corrected chi connectivity index (χ0v) is 30.9. The SMILES string of the molecule is CC.C[CH2][Ge]([C]#Cc1c2cc3ccccc3cc2c(C#C[Se](CC)(CC)CC)c2cc3ccccc3cc12)([CH2]C)[CH2]C. The number of fused-ring (bicyclic) bond motifs is 4. The van der Waals surface area contributed by atoms with Crippen molar-refractivity contribution in [1.29, 1.82) is 0 Å². The van der Waals surface area contributed by atoms with Crippen LogP contribution in [0.2, 0.25) is 31.7 Å². The Morgan fingerprint density at radius 2 is 0.857 bits per heavy atom. The van der Waals surface area contributed by atoms with Gasteiger partial charge in [0.25, 0.3) is 0 Å². The van der Waals surface area contributed by atoms with Crippen molar-refractivity contribution >= 4 is 69.2 Å². The molecule has 0 nitrogen and oxygen atoms in total. The van der Waals surface area contributed by atoms with Crippen molar-refractivity contribution in [3.63, 3.8) is 0 Å². The quantitative estimate of drug-likeness (QED) is 0.0952. The second-order valence-electron chi connectivity index (χ2n) is 11.0. The van der Waals surface area contributed by atoms with Crippen molar-refractivity contribution in [2.75, 3.05) is 0 Å². The molecule has 5 aromatic carbocycles. The van der Waals surface area contributed by atoms with Gasteiger partial charge in [-0.2, -0.15) is 0 Å². The number of benzene rings is 5. The van der Waals surface area contributed by atoms with Gasteiger partial charge in [-0.15, -0.1) is 0 Å². The van der Waals surface area contributed by atoms with Crippen LogP contribution in [0.25, 0.3) is 43.1 Å². The Hall–Kier alpha value is -2.68. The average molecular weight is 680 g/mol. The van der Waals surface area contributed by atoms with Gasteiger partial charge in [0, 0.05) is 0 Å². The van der Waals surface area contributed by atoms with Gasteiger partial charge in [-0.25, -0.2) is 0 Å². The molecule has 0 saturated carbocycles. The first-order valence-electron chi connectivity index (χ1n) is 16.1.